The smallest absolute Gasteiger partial charge is 0.226 e. The molecule has 0 bridgehead atoms. The number of anilines is 1. The van der Waals surface area contributed by atoms with Crippen LogP contribution in [-0.2, 0) is 0 Å². The maximum Gasteiger partial charge on any atom is 0.226 e. The van der Waals surface area contributed by atoms with E-state index in [1.165, 1.54) is 0 Å². The highest BCUT2D eigenvalue weighted by atomic mass is 15.0. The number of nitrogens with zero attached hydrogens (tertiary/aromatic N) is 2. The molecular weight excluding hydrogens is 126 g/mol. The molecular formula is C7H5N3. The first-order valence-corrected chi connectivity index (χ1v) is 2.95. The Morgan fingerprint density at radius 1 is 1.50 bits per heavy atom. The van der Waals surface area contributed by atoms with Crippen molar-refractivity contribution in [2.45, 2.75) is 0 Å². The van der Waals surface area contributed by atoms with Crippen molar-refractivity contribution < 1.29 is 0 Å². The minimum atomic E-state index is 0.956. The van der Waals surface area contributed by atoms with Gasteiger partial charge in [0.25, 0.3) is 0 Å². The number of hydrogen-bond donors (Lipinski definition) is 1. The Morgan fingerprint density at radius 3 is 3.40 bits per heavy atom. The SMILES string of the molecule is [C]1N=Cc2ccncc2N1. The van der Waals surface area contributed by atoms with Gasteiger partial charge in [-0.3, -0.25) is 9.98 Å². The first-order valence-electron chi connectivity index (χ1n) is 2.95. The molecule has 1 aliphatic heterocycles. The summed E-state index contributed by atoms with van der Waals surface area (Å²) in [6, 6.07) is 1.90. The second-order valence-corrected chi connectivity index (χ2v) is 1.96. The molecule has 0 unspecified atom stereocenters. The molecule has 1 aromatic heterocycles. The molecule has 1 aliphatic rings. The van der Waals surface area contributed by atoms with Gasteiger partial charge in [0.15, 0.2) is 0 Å². The highest BCUT2D eigenvalue weighted by molar-refractivity contribution is 5.89. The number of pyridine rings is 1. The van der Waals surface area contributed by atoms with E-state index in [0.717, 1.165) is 11.3 Å². The van der Waals surface area contributed by atoms with E-state index in [-0.39, 0.29) is 0 Å². The quantitative estimate of drug-likeness (QED) is 0.568. The summed E-state index contributed by atoms with van der Waals surface area (Å²) in [5, 5.41) is 2.85. The molecule has 0 amide bonds. The van der Waals surface area contributed by atoms with Crippen LogP contribution in [0, 0.1) is 6.67 Å². The van der Waals surface area contributed by atoms with Crippen LogP contribution in [-0.4, -0.2) is 11.2 Å². The van der Waals surface area contributed by atoms with E-state index in [9.17, 15) is 0 Å². The lowest BCUT2D eigenvalue weighted by molar-refractivity contribution is 1.24. The zero-order valence-electron chi connectivity index (χ0n) is 5.20. The van der Waals surface area contributed by atoms with Crippen molar-refractivity contribution in [2.24, 2.45) is 4.99 Å². The summed E-state index contributed by atoms with van der Waals surface area (Å²) >= 11 is 0. The van der Waals surface area contributed by atoms with E-state index in [2.05, 4.69) is 22.0 Å². The number of aromatic nitrogens is 1. The van der Waals surface area contributed by atoms with Crippen LogP contribution in [0.2, 0.25) is 0 Å². The third-order valence-corrected chi connectivity index (χ3v) is 1.31. The maximum atomic E-state index is 3.93. The predicted molar refractivity (Wildman–Crippen MR) is 38.7 cm³/mol. The predicted octanol–water partition coefficient (Wildman–Crippen LogP) is 0.922. The summed E-state index contributed by atoms with van der Waals surface area (Å²) in [4.78, 5) is 7.74. The van der Waals surface area contributed by atoms with Gasteiger partial charge in [-0.2, -0.15) is 0 Å². The standard InChI is InChI=1S/C7H5N3/c1-2-8-4-7-6(1)3-9-5-10-7/h1-4,10H. The lowest BCUT2D eigenvalue weighted by Crippen LogP contribution is -2.02. The lowest BCUT2D eigenvalue weighted by Gasteiger charge is -2.08. The normalized spacial score (nSPS) is 14.0. The van der Waals surface area contributed by atoms with E-state index in [1.807, 2.05) is 6.07 Å². The van der Waals surface area contributed by atoms with Crippen LogP contribution < -0.4 is 5.32 Å². The lowest BCUT2D eigenvalue weighted by atomic mass is 10.2. The van der Waals surface area contributed by atoms with Gasteiger partial charge in [-0.1, -0.05) is 0 Å². The fourth-order valence-electron chi connectivity index (χ4n) is 0.817. The molecule has 0 saturated heterocycles. The monoisotopic (exact) mass is 131 g/mol. The first kappa shape index (κ1) is 5.41. The van der Waals surface area contributed by atoms with Crippen molar-refractivity contribution in [3.05, 3.63) is 30.7 Å². The van der Waals surface area contributed by atoms with Crippen molar-refractivity contribution >= 4 is 11.9 Å². The summed E-state index contributed by atoms with van der Waals surface area (Å²) in [5.41, 5.74) is 2.01. The Labute approximate surface area is 58.8 Å². The minimum Gasteiger partial charge on any atom is -0.352 e. The van der Waals surface area contributed by atoms with E-state index < -0.39 is 0 Å². The molecule has 2 radical (unpaired) electrons. The largest absolute Gasteiger partial charge is 0.352 e. The van der Waals surface area contributed by atoms with Crippen molar-refractivity contribution in [3.8, 4) is 0 Å². The summed E-state index contributed by atoms with van der Waals surface area (Å²) in [6.07, 6.45) is 5.22. The van der Waals surface area contributed by atoms with Crippen molar-refractivity contribution in [3.63, 3.8) is 0 Å². The van der Waals surface area contributed by atoms with Crippen molar-refractivity contribution in [2.75, 3.05) is 5.32 Å². The number of nitrogens with one attached hydrogen (secondary N) is 1. The van der Waals surface area contributed by atoms with Gasteiger partial charge in [0, 0.05) is 18.0 Å². The molecule has 0 spiro atoms. The molecule has 10 heavy (non-hydrogen) atoms. The van der Waals surface area contributed by atoms with Crippen LogP contribution >= 0.6 is 0 Å². The first-order chi connectivity index (χ1) is 4.97. The molecule has 3 nitrogen and oxygen atoms in total. The third kappa shape index (κ3) is 0.757. The number of rotatable bonds is 0. The molecule has 2 rings (SSSR count). The highest BCUT2D eigenvalue weighted by Gasteiger charge is 2.02. The fourth-order valence-corrected chi connectivity index (χ4v) is 0.817. The molecule has 0 aliphatic carbocycles. The van der Waals surface area contributed by atoms with E-state index in [0.29, 0.717) is 0 Å². The Kier molecular flexibility index (Phi) is 1.13. The molecule has 3 heteroatoms. The van der Waals surface area contributed by atoms with Crippen LogP contribution in [0.25, 0.3) is 0 Å². The zero-order chi connectivity index (χ0) is 6.81. The Morgan fingerprint density at radius 2 is 2.50 bits per heavy atom. The van der Waals surface area contributed by atoms with Crippen LogP contribution in [0.1, 0.15) is 5.56 Å². The summed E-state index contributed by atoms with van der Waals surface area (Å²) in [6.45, 7) is 2.62. The topological polar surface area (TPSA) is 37.3 Å². The molecule has 0 aromatic carbocycles. The van der Waals surface area contributed by atoms with Crippen molar-refractivity contribution in [1.29, 1.82) is 0 Å². The van der Waals surface area contributed by atoms with Gasteiger partial charge < -0.3 is 5.32 Å². The summed E-state index contributed by atoms with van der Waals surface area (Å²) in [5.74, 6) is 0. The van der Waals surface area contributed by atoms with E-state index in [1.54, 1.807) is 18.6 Å². The molecule has 1 aromatic rings. The van der Waals surface area contributed by atoms with Crippen LogP contribution in [0.5, 0.6) is 0 Å². The van der Waals surface area contributed by atoms with E-state index >= 15 is 0 Å². The molecule has 2 heterocycles. The van der Waals surface area contributed by atoms with Gasteiger partial charge in [0.05, 0.1) is 11.9 Å². The van der Waals surface area contributed by atoms with Gasteiger partial charge in [-0.25, -0.2) is 0 Å². The Hall–Kier alpha value is -1.38. The number of hydrogen-bond acceptors (Lipinski definition) is 3. The Bertz CT molecular complexity index is 267. The fraction of sp³-hybridized carbons (Fsp3) is 0. The average Bonchev–Trinajstić information content (AvgIpc) is 2.05. The number of aliphatic imine (C=N–C) groups is 1. The molecule has 48 valence electrons. The second kappa shape index (κ2) is 2.10. The highest BCUT2D eigenvalue weighted by Crippen LogP contribution is 2.14. The zero-order valence-corrected chi connectivity index (χ0v) is 5.20. The third-order valence-electron chi connectivity index (χ3n) is 1.31. The van der Waals surface area contributed by atoms with Gasteiger partial charge in [-0.15, -0.1) is 0 Å². The average molecular weight is 131 g/mol. The molecule has 0 atom stereocenters. The van der Waals surface area contributed by atoms with Crippen LogP contribution in [0.15, 0.2) is 23.5 Å². The van der Waals surface area contributed by atoms with Gasteiger partial charge >= 0.3 is 0 Å². The Balaban J connectivity index is 2.54. The maximum absolute atomic E-state index is 3.93. The second-order valence-electron chi connectivity index (χ2n) is 1.96. The van der Waals surface area contributed by atoms with Gasteiger partial charge in [0.2, 0.25) is 6.67 Å². The summed E-state index contributed by atoms with van der Waals surface area (Å²) in [7, 11) is 0. The van der Waals surface area contributed by atoms with Crippen molar-refractivity contribution in [1.82, 2.24) is 4.98 Å². The molecule has 1 N–H and O–H groups in total. The molecule has 0 fully saturated rings. The number of fused-ring (bicyclic) bond motifs is 1. The summed E-state index contributed by atoms with van der Waals surface area (Å²) < 4.78 is 0. The van der Waals surface area contributed by atoms with Gasteiger partial charge in [-0.05, 0) is 6.07 Å². The van der Waals surface area contributed by atoms with Gasteiger partial charge in [0.1, 0.15) is 0 Å². The molecule has 0 saturated carbocycles. The van der Waals surface area contributed by atoms with Crippen LogP contribution in [0.3, 0.4) is 0 Å². The van der Waals surface area contributed by atoms with Crippen LogP contribution in [0.4, 0.5) is 5.69 Å². The minimum absolute atomic E-state index is 0.956. The van der Waals surface area contributed by atoms with E-state index in [4.69, 9.17) is 0 Å².